The quantitative estimate of drug-likeness (QED) is 0.232. The molecule has 234 valence electrons. The third-order valence-electron chi connectivity index (χ3n) is 9.91. The van der Waals surface area contributed by atoms with Crippen LogP contribution in [0.2, 0.25) is 0 Å². The zero-order valence-corrected chi connectivity index (χ0v) is 25.8. The molecule has 2 aliphatic carbocycles. The molecule has 10 atom stereocenters. The van der Waals surface area contributed by atoms with Gasteiger partial charge in [0.1, 0.15) is 31.0 Å². The molecule has 3 rings (SSSR count). The first-order valence-electron chi connectivity index (χ1n) is 14.6. The zero-order chi connectivity index (χ0) is 31.6. The highest BCUT2D eigenvalue weighted by Gasteiger charge is 2.73. The lowest BCUT2D eigenvalue weighted by Crippen LogP contribution is -2.74. The molecule has 0 bridgehead atoms. The second-order valence-electron chi connectivity index (χ2n) is 12.6. The third-order valence-corrected chi connectivity index (χ3v) is 9.91. The van der Waals surface area contributed by atoms with Crippen molar-refractivity contribution in [1.29, 1.82) is 0 Å². The summed E-state index contributed by atoms with van der Waals surface area (Å²) in [7, 11) is 0. The summed E-state index contributed by atoms with van der Waals surface area (Å²) in [6.07, 6.45) is 2.97. The van der Waals surface area contributed by atoms with Crippen molar-refractivity contribution >= 4 is 23.9 Å². The molecule has 10 nitrogen and oxygen atoms in total. The average molecular weight is 591 g/mol. The van der Waals surface area contributed by atoms with Gasteiger partial charge in [0.05, 0.1) is 11.5 Å². The van der Waals surface area contributed by atoms with Crippen LogP contribution in [0, 0.1) is 28.1 Å². The van der Waals surface area contributed by atoms with Crippen LogP contribution in [0.25, 0.3) is 0 Å². The number of carbonyl (C=O) groups excluding carboxylic acids is 4. The van der Waals surface area contributed by atoms with E-state index in [-0.39, 0.29) is 6.61 Å². The van der Waals surface area contributed by atoms with Gasteiger partial charge >= 0.3 is 23.9 Å². The number of aliphatic hydroxyl groups excluding tert-OH is 2. The maximum atomic E-state index is 12.6. The number of esters is 4. The lowest BCUT2D eigenvalue weighted by Gasteiger charge is -2.67. The highest BCUT2D eigenvalue weighted by Crippen LogP contribution is 2.67. The van der Waals surface area contributed by atoms with Crippen molar-refractivity contribution < 1.29 is 48.3 Å². The van der Waals surface area contributed by atoms with E-state index in [1.807, 2.05) is 19.9 Å². The third kappa shape index (κ3) is 5.93. The van der Waals surface area contributed by atoms with E-state index >= 15 is 0 Å². The van der Waals surface area contributed by atoms with E-state index in [1.165, 1.54) is 26.8 Å². The largest absolute Gasteiger partial charge is 0.462 e. The van der Waals surface area contributed by atoms with Crippen LogP contribution in [-0.2, 0) is 38.1 Å². The van der Waals surface area contributed by atoms with Crippen LogP contribution in [0.5, 0.6) is 0 Å². The standard InChI is InChI=1S/C32H46O10/c1-9-10-11-18(2)16-25(41-21(5)34)31(8)24(36)14-15-30(7)23-12-13-26(37)39-17-32(23,19(3)40-20(4)33)29(38)27(28(30)31)42-22(6)35/h9,12-13,16,19,23-25,27-29,36,38H,1,10-11,14-15,17H2,2-8H3/b18-16-/t19?,23?,24-,25-,27+,28?,29+,30+,31-,32-/m1/s1. The van der Waals surface area contributed by atoms with Gasteiger partial charge in [0.25, 0.3) is 0 Å². The van der Waals surface area contributed by atoms with Crippen LogP contribution in [0.3, 0.4) is 0 Å². The molecule has 0 aromatic carbocycles. The Hall–Kier alpha value is -2.98. The zero-order valence-electron chi connectivity index (χ0n) is 25.8. The van der Waals surface area contributed by atoms with Crippen LogP contribution >= 0.6 is 0 Å². The molecule has 3 unspecified atom stereocenters. The minimum Gasteiger partial charge on any atom is -0.462 e. The molecule has 0 amide bonds. The van der Waals surface area contributed by atoms with Gasteiger partial charge in [-0.15, -0.1) is 6.58 Å². The van der Waals surface area contributed by atoms with E-state index in [0.29, 0.717) is 25.7 Å². The molecule has 0 aromatic heterocycles. The van der Waals surface area contributed by atoms with Gasteiger partial charge in [-0.3, -0.25) is 14.4 Å². The van der Waals surface area contributed by atoms with Gasteiger partial charge < -0.3 is 29.2 Å². The Balaban J connectivity index is 2.35. The summed E-state index contributed by atoms with van der Waals surface area (Å²) in [6, 6.07) is 0. The van der Waals surface area contributed by atoms with Crippen LogP contribution < -0.4 is 0 Å². The van der Waals surface area contributed by atoms with Gasteiger partial charge in [0.15, 0.2) is 0 Å². The Bertz CT molecular complexity index is 1140. The first-order valence-corrected chi connectivity index (χ1v) is 14.6. The van der Waals surface area contributed by atoms with Crippen LogP contribution in [0.1, 0.15) is 74.1 Å². The van der Waals surface area contributed by atoms with Crippen molar-refractivity contribution in [3.8, 4) is 0 Å². The summed E-state index contributed by atoms with van der Waals surface area (Å²) in [5.74, 6) is -3.83. The topological polar surface area (TPSA) is 146 Å². The Morgan fingerprint density at radius 2 is 1.76 bits per heavy atom. The molecule has 3 aliphatic rings. The van der Waals surface area contributed by atoms with Crippen LogP contribution in [-0.4, -0.2) is 71.2 Å². The average Bonchev–Trinajstić information content (AvgIpc) is 3.07. The molecular formula is C32H46O10. The van der Waals surface area contributed by atoms with E-state index in [0.717, 1.165) is 5.57 Å². The highest BCUT2D eigenvalue weighted by molar-refractivity contribution is 5.82. The molecule has 2 saturated carbocycles. The van der Waals surface area contributed by atoms with Crippen LogP contribution in [0.4, 0.5) is 0 Å². The molecule has 1 heterocycles. The van der Waals surface area contributed by atoms with Crippen molar-refractivity contribution in [2.24, 2.45) is 28.1 Å². The number of hydrogen-bond acceptors (Lipinski definition) is 10. The van der Waals surface area contributed by atoms with Crippen molar-refractivity contribution in [2.45, 2.75) is 105 Å². The summed E-state index contributed by atoms with van der Waals surface area (Å²) < 4.78 is 23.0. The molecule has 42 heavy (non-hydrogen) atoms. The van der Waals surface area contributed by atoms with Crippen LogP contribution in [0.15, 0.2) is 36.5 Å². The number of rotatable bonds is 9. The number of aliphatic hydroxyl groups is 2. The van der Waals surface area contributed by atoms with E-state index < -0.39 is 82.5 Å². The maximum Gasteiger partial charge on any atom is 0.330 e. The van der Waals surface area contributed by atoms with Gasteiger partial charge in [-0.25, -0.2) is 4.79 Å². The van der Waals surface area contributed by atoms with Gasteiger partial charge in [0.2, 0.25) is 0 Å². The van der Waals surface area contributed by atoms with Crippen molar-refractivity contribution in [3.63, 3.8) is 0 Å². The molecule has 1 aliphatic heterocycles. The molecule has 2 N–H and O–H groups in total. The fourth-order valence-electron chi connectivity index (χ4n) is 8.04. The normalized spacial score (nSPS) is 37.6. The predicted octanol–water partition coefficient (Wildman–Crippen LogP) is 3.59. The predicted molar refractivity (Wildman–Crippen MR) is 152 cm³/mol. The Kier molecular flexibility index (Phi) is 10.1. The molecule has 0 spiro atoms. The summed E-state index contributed by atoms with van der Waals surface area (Å²) in [4.78, 5) is 49.8. The summed E-state index contributed by atoms with van der Waals surface area (Å²) in [5.41, 5.74) is -2.60. The molecule has 0 saturated heterocycles. The second-order valence-corrected chi connectivity index (χ2v) is 12.6. The second kappa shape index (κ2) is 12.7. The molecule has 2 fully saturated rings. The van der Waals surface area contributed by atoms with E-state index in [2.05, 4.69) is 6.58 Å². The molecule has 0 radical (unpaired) electrons. The van der Waals surface area contributed by atoms with Crippen molar-refractivity contribution in [1.82, 2.24) is 0 Å². The highest BCUT2D eigenvalue weighted by atomic mass is 16.6. The lowest BCUT2D eigenvalue weighted by atomic mass is 9.39. The lowest BCUT2D eigenvalue weighted by molar-refractivity contribution is -0.295. The minimum absolute atomic E-state index is 0.293. The number of cyclic esters (lactones) is 1. The molecular weight excluding hydrogens is 544 g/mol. The van der Waals surface area contributed by atoms with Gasteiger partial charge in [-0.2, -0.15) is 0 Å². The van der Waals surface area contributed by atoms with Gasteiger partial charge in [-0.05, 0) is 56.9 Å². The first kappa shape index (κ1) is 33.5. The fraction of sp³-hybridized carbons (Fsp3) is 0.688. The van der Waals surface area contributed by atoms with Crippen molar-refractivity contribution in [2.75, 3.05) is 6.61 Å². The Morgan fingerprint density at radius 1 is 1.12 bits per heavy atom. The van der Waals surface area contributed by atoms with E-state index in [4.69, 9.17) is 18.9 Å². The monoisotopic (exact) mass is 590 g/mol. The summed E-state index contributed by atoms with van der Waals surface area (Å²) >= 11 is 0. The Labute approximate surface area is 248 Å². The van der Waals surface area contributed by atoms with E-state index in [1.54, 1.807) is 26.0 Å². The smallest absolute Gasteiger partial charge is 0.330 e. The number of allylic oxidation sites excluding steroid dienone is 3. The number of fused-ring (bicyclic) bond motifs is 3. The Morgan fingerprint density at radius 3 is 2.33 bits per heavy atom. The fourth-order valence-corrected chi connectivity index (χ4v) is 8.04. The minimum atomic E-state index is -1.50. The van der Waals surface area contributed by atoms with E-state index in [9.17, 15) is 29.4 Å². The van der Waals surface area contributed by atoms with Gasteiger partial charge in [-0.1, -0.05) is 31.6 Å². The SMILES string of the molecule is C=CCC/C(C)=C\[C@@H](OC(C)=O)[C@]1(C)C2[C@H](OC(C)=O)[C@H](O)[C@@]3(C(C)OC(C)=O)COC(=O)C=CC3[C@]2(C)CC[C@H]1O. The number of carbonyl (C=O) groups is 4. The molecule has 0 aromatic rings. The maximum absolute atomic E-state index is 12.6. The summed E-state index contributed by atoms with van der Waals surface area (Å²) in [6.45, 7) is 14.5. The number of ether oxygens (including phenoxy) is 4. The van der Waals surface area contributed by atoms with Crippen molar-refractivity contribution in [3.05, 3.63) is 36.5 Å². The molecule has 10 heteroatoms. The summed E-state index contributed by atoms with van der Waals surface area (Å²) in [5, 5.41) is 24.0. The number of hydrogen-bond donors (Lipinski definition) is 2. The first-order chi connectivity index (χ1) is 19.5. The van der Waals surface area contributed by atoms with Gasteiger partial charge in [0, 0.05) is 38.2 Å².